The molecule has 320 valence electrons. The second kappa shape index (κ2) is 18.4. The van der Waals surface area contributed by atoms with Crippen molar-refractivity contribution in [1.29, 1.82) is 0 Å². The number of hydrogen-bond donors (Lipinski definition) is 1. The summed E-state index contributed by atoms with van der Waals surface area (Å²) in [4.78, 5) is 28.2. The summed E-state index contributed by atoms with van der Waals surface area (Å²) >= 11 is 0. The monoisotopic (exact) mass is 812 g/mol. The van der Waals surface area contributed by atoms with Crippen LogP contribution in [0.4, 0.5) is 4.79 Å². The van der Waals surface area contributed by atoms with Crippen LogP contribution < -0.4 is 5.32 Å². The van der Waals surface area contributed by atoms with Crippen LogP contribution in [0, 0.1) is 46.3 Å². The van der Waals surface area contributed by atoms with Crippen molar-refractivity contribution in [3.05, 3.63) is 83.4 Å². The molecule has 1 N–H and O–H groups in total. The Hall–Kier alpha value is -2.90. The van der Waals surface area contributed by atoms with Gasteiger partial charge in [-0.2, -0.15) is 0 Å². The fourth-order valence-corrected chi connectivity index (χ4v) is 13.0. The van der Waals surface area contributed by atoms with E-state index in [2.05, 4.69) is 79.9 Å². The Morgan fingerprint density at radius 2 is 1.53 bits per heavy atom. The van der Waals surface area contributed by atoms with Gasteiger partial charge in [0.05, 0.1) is 6.04 Å². The van der Waals surface area contributed by atoms with Gasteiger partial charge in [-0.25, -0.2) is 9.59 Å². The van der Waals surface area contributed by atoms with E-state index in [4.69, 9.17) is 13.9 Å². The molecule has 10 atom stereocenters. The van der Waals surface area contributed by atoms with Gasteiger partial charge in [0.1, 0.15) is 12.7 Å². The van der Waals surface area contributed by atoms with E-state index < -0.39 is 26.6 Å². The second-order valence-corrected chi connectivity index (χ2v) is 26.1. The van der Waals surface area contributed by atoms with Crippen LogP contribution >= 0.6 is 0 Å². The average Bonchev–Trinajstić information content (AvgIpc) is 3.53. The van der Waals surface area contributed by atoms with Crippen molar-refractivity contribution < 1.29 is 23.5 Å². The Morgan fingerprint density at radius 3 is 2.19 bits per heavy atom. The molecular formula is C51H77NO5Si. The third-order valence-corrected chi connectivity index (χ3v) is 20.6. The molecule has 0 aliphatic heterocycles. The van der Waals surface area contributed by atoms with Gasteiger partial charge in [0, 0.05) is 6.42 Å². The van der Waals surface area contributed by atoms with E-state index in [-0.39, 0.29) is 29.1 Å². The number of fused-ring (bicyclic) bond motifs is 5. The SMILES string of the molecule is CC(C)CCC[C@@H](C)C1CCC2C3CC=C4CC(OC(=O)[C@@H](O[Si](C)(C)C(C)(C)C)[C@@H](Cc5ccccc5)NC(=O)OCc5ccccc5)CCC4(C)C3CCC21C. The summed E-state index contributed by atoms with van der Waals surface area (Å²) in [5.41, 5.74) is 4.02. The minimum Gasteiger partial charge on any atom is -0.460 e. The van der Waals surface area contributed by atoms with Gasteiger partial charge in [-0.3, -0.25) is 0 Å². The molecule has 58 heavy (non-hydrogen) atoms. The number of rotatable bonds is 15. The fraction of sp³-hybridized carbons (Fsp3) is 0.686. The third kappa shape index (κ3) is 9.99. The molecular weight excluding hydrogens is 735 g/mol. The van der Waals surface area contributed by atoms with Crippen molar-refractivity contribution in [3.63, 3.8) is 0 Å². The Balaban J connectivity index is 1.18. The molecule has 7 heteroatoms. The Labute approximate surface area is 353 Å². The molecule has 0 saturated heterocycles. The first-order valence-electron chi connectivity index (χ1n) is 23.0. The van der Waals surface area contributed by atoms with Crippen LogP contribution in [0.1, 0.15) is 137 Å². The second-order valence-electron chi connectivity index (χ2n) is 21.4. The zero-order valence-electron chi connectivity index (χ0n) is 37.8. The van der Waals surface area contributed by atoms with Crippen LogP contribution in [0.3, 0.4) is 0 Å². The Kier molecular flexibility index (Phi) is 14.1. The molecule has 4 aliphatic rings. The van der Waals surface area contributed by atoms with Crippen molar-refractivity contribution in [2.45, 2.75) is 175 Å². The lowest BCUT2D eigenvalue weighted by molar-refractivity contribution is -0.162. The molecule has 2 aromatic carbocycles. The molecule has 6 rings (SSSR count). The van der Waals surface area contributed by atoms with E-state index in [1.54, 1.807) is 0 Å². The number of carbonyl (C=O) groups excluding carboxylic acids is 2. The Bertz CT molecular complexity index is 1700. The largest absolute Gasteiger partial charge is 0.460 e. The maximum Gasteiger partial charge on any atom is 0.407 e. The van der Waals surface area contributed by atoms with Gasteiger partial charge >= 0.3 is 12.1 Å². The summed E-state index contributed by atoms with van der Waals surface area (Å²) in [6.45, 7) is 23.5. The van der Waals surface area contributed by atoms with Crippen molar-refractivity contribution in [2.75, 3.05) is 0 Å². The standard InChI is InChI=1S/C51H77NO5Si/c1-35(2)18-17-19-36(3)42-26-27-43-41-25-24-39-33-40(28-30-50(39,7)44(41)29-31-51(42,43)8)56-47(53)46(57-58(9,10)49(4,5)6)45(32-37-20-13-11-14-21-37)52-48(54)55-34-38-22-15-12-16-23-38/h11-16,20-24,35-36,40-46H,17-19,25-34H2,1-10H3,(H,52,54)/t36-,40?,41?,42?,43?,44?,45-,46+,50?,51?/m1/s1. The lowest BCUT2D eigenvalue weighted by Crippen LogP contribution is -2.56. The predicted octanol–water partition coefficient (Wildman–Crippen LogP) is 12.9. The number of alkyl carbamates (subject to hydrolysis) is 1. The minimum atomic E-state index is -2.50. The zero-order valence-corrected chi connectivity index (χ0v) is 38.8. The van der Waals surface area contributed by atoms with Crippen LogP contribution in [0.15, 0.2) is 72.3 Å². The molecule has 0 radical (unpaired) electrons. The topological polar surface area (TPSA) is 73.9 Å². The lowest BCUT2D eigenvalue weighted by atomic mass is 9.47. The number of hydrogen-bond acceptors (Lipinski definition) is 5. The number of amides is 1. The average molecular weight is 812 g/mol. The first-order chi connectivity index (χ1) is 27.4. The van der Waals surface area contributed by atoms with Crippen molar-refractivity contribution in [1.82, 2.24) is 5.32 Å². The fourth-order valence-electron chi connectivity index (χ4n) is 11.8. The molecule has 0 bridgehead atoms. The van der Waals surface area contributed by atoms with Gasteiger partial charge in [-0.05, 0) is 127 Å². The summed E-state index contributed by atoms with van der Waals surface area (Å²) in [7, 11) is -2.50. The smallest absolute Gasteiger partial charge is 0.407 e. The van der Waals surface area contributed by atoms with Gasteiger partial charge in [0.2, 0.25) is 0 Å². The van der Waals surface area contributed by atoms with E-state index in [1.807, 2.05) is 60.7 Å². The number of carbonyl (C=O) groups is 2. The summed E-state index contributed by atoms with van der Waals surface area (Å²) in [5, 5.41) is 2.92. The van der Waals surface area contributed by atoms with Crippen molar-refractivity contribution >= 4 is 20.4 Å². The molecule has 0 spiro atoms. The summed E-state index contributed by atoms with van der Waals surface area (Å²) < 4.78 is 19.3. The first kappa shape index (κ1) is 44.6. The highest BCUT2D eigenvalue weighted by Gasteiger charge is 2.59. The minimum absolute atomic E-state index is 0.138. The zero-order chi connectivity index (χ0) is 41.9. The molecule has 3 saturated carbocycles. The number of ether oxygens (including phenoxy) is 2. The van der Waals surface area contributed by atoms with Crippen LogP contribution in [-0.2, 0) is 31.7 Å². The maximum absolute atomic E-state index is 14.7. The van der Waals surface area contributed by atoms with E-state index in [1.165, 1.54) is 50.5 Å². The maximum atomic E-state index is 14.7. The molecule has 4 aliphatic carbocycles. The molecule has 3 fully saturated rings. The third-order valence-electron chi connectivity index (χ3n) is 16.2. The number of allylic oxidation sites excluding steroid dienone is 1. The summed E-state index contributed by atoms with van der Waals surface area (Å²) in [6.07, 6.45) is 14.6. The summed E-state index contributed by atoms with van der Waals surface area (Å²) in [6, 6.07) is 19.0. The Morgan fingerprint density at radius 1 is 0.862 bits per heavy atom. The van der Waals surface area contributed by atoms with Crippen LogP contribution in [0.2, 0.25) is 18.1 Å². The van der Waals surface area contributed by atoms with Crippen LogP contribution in [0.25, 0.3) is 0 Å². The van der Waals surface area contributed by atoms with Crippen LogP contribution in [0.5, 0.6) is 0 Å². The summed E-state index contributed by atoms with van der Waals surface area (Å²) in [5.74, 6) is 4.35. The molecule has 7 unspecified atom stereocenters. The first-order valence-corrected chi connectivity index (χ1v) is 25.9. The van der Waals surface area contributed by atoms with E-state index >= 15 is 0 Å². The number of benzene rings is 2. The molecule has 2 aromatic rings. The number of esters is 1. The van der Waals surface area contributed by atoms with Gasteiger partial charge in [-0.1, -0.05) is 147 Å². The lowest BCUT2D eigenvalue weighted by Gasteiger charge is -2.58. The van der Waals surface area contributed by atoms with E-state index in [9.17, 15) is 9.59 Å². The highest BCUT2D eigenvalue weighted by Crippen LogP contribution is 2.67. The van der Waals surface area contributed by atoms with E-state index in [0.717, 1.165) is 66.4 Å². The quantitative estimate of drug-likeness (QED) is 0.110. The van der Waals surface area contributed by atoms with Crippen LogP contribution in [-0.4, -0.2) is 38.6 Å². The van der Waals surface area contributed by atoms with Gasteiger partial charge in [0.25, 0.3) is 0 Å². The highest BCUT2D eigenvalue weighted by atomic mass is 28.4. The molecule has 6 nitrogen and oxygen atoms in total. The molecule has 0 aromatic heterocycles. The normalized spacial score (nSPS) is 29.9. The van der Waals surface area contributed by atoms with Gasteiger partial charge < -0.3 is 19.2 Å². The van der Waals surface area contributed by atoms with Crippen molar-refractivity contribution in [3.8, 4) is 0 Å². The molecule has 1 amide bonds. The van der Waals surface area contributed by atoms with Gasteiger partial charge in [-0.15, -0.1) is 0 Å². The van der Waals surface area contributed by atoms with Crippen molar-refractivity contribution in [2.24, 2.45) is 46.3 Å². The van der Waals surface area contributed by atoms with E-state index in [0.29, 0.717) is 17.8 Å². The molecule has 0 heterocycles. The predicted molar refractivity (Wildman–Crippen MR) is 239 cm³/mol. The number of nitrogens with one attached hydrogen (secondary N) is 1. The highest BCUT2D eigenvalue weighted by molar-refractivity contribution is 6.74. The van der Waals surface area contributed by atoms with Gasteiger partial charge in [0.15, 0.2) is 14.4 Å².